The number of nitrogens with one attached hydrogen (secondary N) is 1. The first-order chi connectivity index (χ1) is 12.5. The maximum absolute atomic E-state index is 12.3. The van der Waals surface area contributed by atoms with Gasteiger partial charge in [0.1, 0.15) is 0 Å². The number of carbonyl (C=O) groups is 1. The van der Waals surface area contributed by atoms with Gasteiger partial charge in [-0.3, -0.25) is 19.6 Å². The van der Waals surface area contributed by atoms with Crippen molar-refractivity contribution < 1.29 is 4.79 Å². The van der Waals surface area contributed by atoms with E-state index in [1.807, 2.05) is 24.5 Å². The maximum Gasteiger partial charge on any atom is 0.238 e. The van der Waals surface area contributed by atoms with Crippen molar-refractivity contribution in [2.45, 2.75) is 6.54 Å². The molecule has 1 aromatic heterocycles. The molecule has 0 radical (unpaired) electrons. The zero-order valence-corrected chi connectivity index (χ0v) is 16.4. The van der Waals surface area contributed by atoms with E-state index in [4.69, 9.17) is 34.8 Å². The first-order valence-electron chi connectivity index (χ1n) is 8.29. The third-order valence-electron chi connectivity index (χ3n) is 4.27. The van der Waals surface area contributed by atoms with Gasteiger partial charge < -0.3 is 5.32 Å². The van der Waals surface area contributed by atoms with Crippen molar-refractivity contribution in [1.82, 2.24) is 14.8 Å². The van der Waals surface area contributed by atoms with Crippen molar-refractivity contribution in [2.24, 2.45) is 0 Å². The number of aromatic nitrogens is 1. The van der Waals surface area contributed by atoms with E-state index in [0.717, 1.165) is 32.7 Å². The van der Waals surface area contributed by atoms with Crippen molar-refractivity contribution >= 4 is 46.4 Å². The van der Waals surface area contributed by atoms with Crippen LogP contribution in [0.4, 0.5) is 5.69 Å². The second-order valence-electron chi connectivity index (χ2n) is 6.20. The highest BCUT2D eigenvalue weighted by atomic mass is 35.5. The van der Waals surface area contributed by atoms with E-state index in [9.17, 15) is 4.79 Å². The molecule has 138 valence electrons. The zero-order valence-electron chi connectivity index (χ0n) is 14.1. The predicted molar refractivity (Wildman–Crippen MR) is 106 cm³/mol. The average molecular weight is 414 g/mol. The number of amides is 1. The Kier molecular flexibility index (Phi) is 6.73. The monoisotopic (exact) mass is 412 g/mol. The summed E-state index contributed by atoms with van der Waals surface area (Å²) in [6, 6.07) is 7.15. The van der Waals surface area contributed by atoms with Gasteiger partial charge in [0.2, 0.25) is 5.91 Å². The van der Waals surface area contributed by atoms with Crippen molar-refractivity contribution in [2.75, 3.05) is 38.0 Å². The molecule has 1 amide bonds. The van der Waals surface area contributed by atoms with Gasteiger partial charge in [0.25, 0.3) is 0 Å². The Morgan fingerprint density at radius 3 is 2.27 bits per heavy atom. The Bertz CT molecular complexity index is 765. The molecule has 0 spiro atoms. The van der Waals surface area contributed by atoms with E-state index < -0.39 is 0 Å². The number of benzene rings is 1. The number of hydrogen-bond donors (Lipinski definition) is 1. The van der Waals surface area contributed by atoms with Gasteiger partial charge in [-0.25, -0.2) is 0 Å². The highest BCUT2D eigenvalue weighted by molar-refractivity contribution is 6.44. The number of anilines is 1. The summed E-state index contributed by atoms with van der Waals surface area (Å²) < 4.78 is 0. The average Bonchev–Trinajstić information content (AvgIpc) is 2.62. The molecule has 1 saturated heterocycles. The molecule has 0 saturated carbocycles. The SMILES string of the molecule is O=C(CN1CCN(Cc2ccncc2)CC1)Nc1cc(Cl)c(Cl)cc1Cl. The fourth-order valence-corrected chi connectivity index (χ4v) is 3.46. The third-order valence-corrected chi connectivity index (χ3v) is 5.31. The summed E-state index contributed by atoms with van der Waals surface area (Å²) in [5, 5.41) is 3.89. The lowest BCUT2D eigenvalue weighted by molar-refractivity contribution is -0.117. The minimum Gasteiger partial charge on any atom is -0.324 e. The lowest BCUT2D eigenvalue weighted by Gasteiger charge is -2.34. The van der Waals surface area contributed by atoms with Crippen molar-refractivity contribution in [3.63, 3.8) is 0 Å². The van der Waals surface area contributed by atoms with Gasteiger partial charge in [-0.05, 0) is 29.8 Å². The summed E-state index contributed by atoms with van der Waals surface area (Å²) in [4.78, 5) is 20.8. The van der Waals surface area contributed by atoms with Crippen molar-refractivity contribution in [3.8, 4) is 0 Å². The van der Waals surface area contributed by atoms with E-state index in [1.165, 1.54) is 11.6 Å². The molecule has 1 N–H and O–H groups in total. The van der Waals surface area contributed by atoms with Crippen LogP contribution in [0, 0.1) is 0 Å². The second-order valence-corrected chi connectivity index (χ2v) is 7.42. The first-order valence-corrected chi connectivity index (χ1v) is 9.42. The molecule has 2 aromatic rings. The van der Waals surface area contributed by atoms with Crippen LogP contribution in [0.2, 0.25) is 15.1 Å². The van der Waals surface area contributed by atoms with E-state index >= 15 is 0 Å². The van der Waals surface area contributed by atoms with Crippen molar-refractivity contribution in [1.29, 1.82) is 0 Å². The van der Waals surface area contributed by atoms with Gasteiger partial charge in [0.15, 0.2) is 0 Å². The molecule has 1 fully saturated rings. The number of halogens is 3. The lowest BCUT2D eigenvalue weighted by atomic mass is 10.2. The number of pyridine rings is 1. The molecule has 0 aliphatic carbocycles. The predicted octanol–water partition coefficient (Wildman–Crippen LogP) is 3.80. The second kappa shape index (κ2) is 9.02. The molecule has 1 aliphatic heterocycles. The quantitative estimate of drug-likeness (QED) is 0.758. The summed E-state index contributed by atoms with van der Waals surface area (Å²) in [7, 11) is 0. The molecule has 1 aliphatic rings. The van der Waals surface area contributed by atoms with Crippen molar-refractivity contribution in [3.05, 3.63) is 57.3 Å². The normalized spacial score (nSPS) is 15.8. The number of carbonyl (C=O) groups excluding carboxylic acids is 1. The third kappa shape index (κ3) is 5.32. The minimum atomic E-state index is -0.118. The molecule has 0 atom stereocenters. The Labute approximate surface area is 167 Å². The standard InChI is InChI=1S/C18H19Cl3N4O/c19-14-9-16(21)17(10-15(14)20)23-18(26)12-25-7-5-24(6-8-25)11-13-1-3-22-4-2-13/h1-4,9-10H,5-8,11-12H2,(H,23,26). The van der Waals surface area contributed by atoms with E-state index in [0.29, 0.717) is 27.3 Å². The lowest BCUT2D eigenvalue weighted by Crippen LogP contribution is -2.48. The van der Waals surface area contributed by atoms with Gasteiger partial charge in [-0.2, -0.15) is 0 Å². The summed E-state index contributed by atoms with van der Waals surface area (Å²) in [6.07, 6.45) is 3.62. The molecule has 0 unspecified atom stereocenters. The van der Waals surface area contributed by atoms with Crippen LogP contribution >= 0.6 is 34.8 Å². The number of piperazine rings is 1. The molecule has 2 heterocycles. The van der Waals surface area contributed by atoms with E-state index in [2.05, 4.69) is 20.1 Å². The summed E-state index contributed by atoms with van der Waals surface area (Å²) in [5.74, 6) is -0.118. The van der Waals surface area contributed by atoms with Crippen LogP contribution < -0.4 is 5.32 Å². The fraction of sp³-hybridized carbons (Fsp3) is 0.333. The van der Waals surface area contributed by atoms with Crippen LogP contribution in [0.15, 0.2) is 36.7 Å². The molecule has 5 nitrogen and oxygen atoms in total. The molecular formula is C18H19Cl3N4O. The van der Waals surface area contributed by atoms with Crippen LogP contribution in [-0.2, 0) is 11.3 Å². The van der Waals surface area contributed by atoms with Crippen LogP contribution in [0.1, 0.15) is 5.56 Å². The first kappa shape index (κ1) is 19.4. The number of hydrogen-bond acceptors (Lipinski definition) is 4. The topological polar surface area (TPSA) is 48.5 Å². The highest BCUT2D eigenvalue weighted by Crippen LogP contribution is 2.32. The molecule has 26 heavy (non-hydrogen) atoms. The van der Waals surface area contributed by atoms with Gasteiger partial charge in [0, 0.05) is 45.1 Å². The van der Waals surface area contributed by atoms with Gasteiger partial charge >= 0.3 is 0 Å². The highest BCUT2D eigenvalue weighted by Gasteiger charge is 2.19. The van der Waals surface area contributed by atoms with Gasteiger partial charge in [0.05, 0.1) is 27.3 Å². The van der Waals surface area contributed by atoms with E-state index in [-0.39, 0.29) is 5.91 Å². The zero-order chi connectivity index (χ0) is 18.5. The maximum atomic E-state index is 12.3. The fourth-order valence-electron chi connectivity index (χ4n) is 2.86. The molecule has 1 aromatic carbocycles. The molecular weight excluding hydrogens is 395 g/mol. The van der Waals surface area contributed by atoms with Gasteiger partial charge in [-0.1, -0.05) is 34.8 Å². The largest absolute Gasteiger partial charge is 0.324 e. The molecule has 0 bridgehead atoms. The van der Waals surface area contributed by atoms with Crippen LogP contribution in [0.25, 0.3) is 0 Å². The molecule has 8 heteroatoms. The minimum absolute atomic E-state index is 0.118. The summed E-state index contributed by atoms with van der Waals surface area (Å²) >= 11 is 18.0. The Hall–Kier alpha value is -1.37. The molecule has 3 rings (SSSR count). The van der Waals surface area contributed by atoms with Crippen LogP contribution in [0.3, 0.4) is 0 Å². The Balaban J connectivity index is 1.47. The number of nitrogens with zero attached hydrogens (tertiary/aromatic N) is 3. The Morgan fingerprint density at radius 1 is 0.962 bits per heavy atom. The van der Waals surface area contributed by atoms with Gasteiger partial charge in [-0.15, -0.1) is 0 Å². The van der Waals surface area contributed by atoms with Crippen LogP contribution in [-0.4, -0.2) is 53.4 Å². The Morgan fingerprint density at radius 2 is 1.58 bits per heavy atom. The van der Waals surface area contributed by atoms with E-state index in [1.54, 1.807) is 6.07 Å². The van der Waals surface area contributed by atoms with Crippen LogP contribution in [0.5, 0.6) is 0 Å². The number of rotatable bonds is 5. The summed E-state index contributed by atoms with van der Waals surface area (Å²) in [5.41, 5.74) is 1.72. The summed E-state index contributed by atoms with van der Waals surface area (Å²) in [6.45, 7) is 4.74. The smallest absolute Gasteiger partial charge is 0.238 e.